The maximum absolute atomic E-state index is 13.4. The Balaban J connectivity index is 2.20. The molecule has 1 aromatic carbocycles. The van der Waals surface area contributed by atoms with Crippen molar-refractivity contribution in [3.8, 4) is 11.3 Å². The number of nitrogens with zero attached hydrogens (tertiary/aromatic N) is 2. The van der Waals surface area contributed by atoms with Gasteiger partial charge in [-0.05, 0) is 29.2 Å². The summed E-state index contributed by atoms with van der Waals surface area (Å²) < 4.78 is 42.1. The predicted molar refractivity (Wildman–Crippen MR) is 97.5 cm³/mol. The summed E-state index contributed by atoms with van der Waals surface area (Å²) in [5.41, 5.74) is 7.14. The van der Waals surface area contributed by atoms with Crippen LogP contribution in [0.4, 0.5) is 13.2 Å². The van der Waals surface area contributed by atoms with E-state index in [1.54, 1.807) is 12.1 Å². The molecule has 0 aliphatic rings. The number of rotatable bonds is 3. The van der Waals surface area contributed by atoms with Crippen LogP contribution in [0.2, 0.25) is 0 Å². The average molecular weight is 361 g/mol. The Bertz CT molecular complexity index is 934. The highest BCUT2D eigenvalue weighted by atomic mass is 19.4. The summed E-state index contributed by atoms with van der Waals surface area (Å²) in [5, 5.41) is 0.880. The normalized spacial score (nSPS) is 12.7. The maximum Gasteiger partial charge on any atom is 0.417 e. The minimum atomic E-state index is -4.43. The van der Waals surface area contributed by atoms with Crippen LogP contribution < -0.4 is 5.73 Å². The van der Waals surface area contributed by atoms with Crippen molar-refractivity contribution >= 4 is 11.0 Å². The van der Waals surface area contributed by atoms with E-state index in [0.29, 0.717) is 24.4 Å². The van der Waals surface area contributed by atoms with Crippen LogP contribution in [0.3, 0.4) is 0 Å². The first-order valence-electron chi connectivity index (χ1n) is 8.45. The van der Waals surface area contributed by atoms with Crippen LogP contribution in [0.1, 0.15) is 31.9 Å². The number of hydrogen-bond donors (Lipinski definition) is 1. The van der Waals surface area contributed by atoms with Gasteiger partial charge in [0.1, 0.15) is 5.65 Å². The van der Waals surface area contributed by atoms with Crippen LogP contribution in [0.15, 0.2) is 42.6 Å². The Morgan fingerprint density at radius 3 is 2.35 bits per heavy atom. The Morgan fingerprint density at radius 2 is 1.73 bits per heavy atom. The molecule has 0 aliphatic carbocycles. The second kappa shape index (κ2) is 6.43. The van der Waals surface area contributed by atoms with E-state index in [9.17, 15) is 13.2 Å². The molecule has 0 amide bonds. The van der Waals surface area contributed by atoms with Gasteiger partial charge >= 0.3 is 6.18 Å². The fourth-order valence-electron chi connectivity index (χ4n) is 3.13. The highest BCUT2D eigenvalue weighted by Crippen LogP contribution is 2.37. The molecule has 0 bridgehead atoms. The van der Waals surface area contributed by atoms with Crippen LogP contribution >= 0.6 is 0 Å². The molecule has 0 atom stereocenters. The van der Waals surface area contributed by atoms with Crippen molar-refractivity contribution in [1.29, 1.82) is 0 Å². The summed E-state index contributed by atoms with van der Waals surface area (Å²) in [6.45, 7) is 7.35. The third-order valence-corrected chi connectivity index (χ3v) is 4.18. The minimum absolute atomic E-state index is 0.000615. The van der Waals surface area contributed by atoms with Gasteiger partial charge in [-0.3, -0.25) is 0 Å². The van der Waals surface area contributed by atoms with E-state index < -0.39 is 11.7 Å². The smallest absolute Gasteiger partial charge is 0.332 e. The van der Waals surface area contributed by atoms with E-state index in [-0.39, 0.29) is 11.0 Å². The highest BCUT2D eigenvalue weighted by molar-refractivity contribution is 5.83. The van der Waals surface area contributed by atoms with E-state index in [1.165, 1.54) is 12.1 Å². The number of benzene rings is 1. The SMILES string of the molecule is CC(C)(C)Cn1cc(CN)c2ccc(-c3ccccc3C(F)(F)F)nc21. The summed E-state index contributed by atoms with van der Waals surface area (Å²) in [7, 11) is 0. The first-order chi connectivity index (χ1) is 12.1. The summed E-state index contributed by atoms with van der Waals surface area (Å²) >= 11 is 0. The van der Waals surface area contributed by atoms with Gasteiger partial charge in [0.15, 0.2) is 0 Å². The van der Waals surface area contributed by atoms with Crippen molar-refractivity contribution in [3.05, 3.63) is 53.7 Å². The average Bonchev–Trinajstić information content (AvgIpc) is 2.89. The van der Waals surface area contributed by atoms with Crippen LogP contribution in [-0.2, 0) is 19.3 Å². The molecule has 0 saturated carbocycles. The fraction of sp³-hybridized carbons (Fsp3) is 0.350. The molecule has 3 nitrogen and oxygen atoms in total. The number of nitrogens with two attached hydrogens (primary N) is 1. The zero-order valence-corrected chi connectivity index (χ0v) is 15.1. The molecule has 2 N–H and O–H groups in total. The quantitative estimate of drug-likeness (QED) is 0.694. The number of fused-ring (bicyclic) bond motifs is 1. The van der Waals surface area contributed by atoms with Crippen LogP contribution in [0.5, 0.6) is 0 Å². The van der Waals surface area contributed by atoms with E-state index >= 15 is 0 Å². The molecule has 138 valence electrons. The van der Waals surface area contributed by atoms with Crippen molar-refractivity contribution in [2.24, 2.45) is 11.1 Å². The Labute approximate surface area is 150 Å². The summed E-state index contributed by atoms with van der Waals surface area (Å²) in [6.07, 6.45) is -2.48. The second-order valence-corrected chi connectivity index (χ2v) is 7.66. The first kappa shape index (κ1) is 18.5. The predicted octanol–water partition coefficient (Wildman–Crippen LogP) is 5.23. The standard InChI is InChI=1S/C20H22F3N3/c1-19(2,3)12-26-11-13(10-24)14-8-9-17(25-18(14)26)15-6-4-5-7-16(15)20(21,22)23/h4-9,11H,10,12,24H2,1-3H3. The lowest BCUT2D eigenvalue weighted by Gasteiger charge is -2.19. The van der Waals surface area contributed by atoms with Crippen molar-refractivity contribution in [2.75, 3.05) is 0 Å². The molecule has 0 aliphatic heterocycles. The summed E-state index contributed by atoms with van der Waals surface area (Å²) in [6, 6.07) is 8.97. The van der Waals surface area contributed by atoms with Gasteiger partial charge in [-0.1, -0.05) is 39.0 Å². The largest absolute Gasteiger partial charge is 0.417 e. The molecule has 3 rings (SSSR count). The lowest BCUT2D eigenvalue weighted by atomic mass is 9.97. The topological polar surface area (TPSA) is 43.8 Å². The molecule has 0 spiro atoms. The number of pyridine rings is 1. The molecule has 26 heavy (non-hydrogen) atoms. The molecular formula is C20H22F3N3. The zero-order chi connectivity index (χ0) is 19.1. The minimum Gasteiger partial charge on any atom is -0.332 e. The van der Waals surface area contributed by atoms with Crippen molar-refractivity contribution in [1.82, 2.24) is 9.55 Å². The summed E-state index contributed by atoms with van der Waals surface area (Å²) in [4.78, 5) is 4.58. The lowest BCUT2D eigenvalue weighted by Crippen LogP contribution is -2.15. The molecule has 0 fully saturated rings. The molecule has 0 unspecified atom stereocenters. The van der Waals surface area contributed by atoms with Crippen molar-refractivity contribution in [3.63, 3.8) is 0 Å². The fourth-order valence-corrected chi connectivity index (χ4v) is 3.13. The number of hydrogen-bond acceptors (Lipinski definition) is 2. The van der Waals surface area contributed by atoms with Gasteiger partial charge in [-0.2, -0.15) is 13.2 Å². The summed E-state index contributed by atoms with van der Waals surface area (Å²) in [5.74, 6) is 0. The van der Waals surface area contributed by atoms with Gasteiger partial charge in [0, 0.05) is 30.2 Å². The van der Waals surface area contributed by atoms with Crippen LogP contribution in [-0.4, -0.2) is 9.55 Å². The molecule has 3 aromatic rings. The van der Waals surface area contributed by atoms with Gasteiger partial charge in [0.2, 0.25) is 0 Å². The molecule has 0 radical (unpaired) electrons. The number of alkyl halides is 3. The van der Waals surface area contributed by atoms with Gasteiger partial charge in [0.25, 0.3) is 0 Å². The van der Waals surface area contributed by atoms with Gasteiger partial charge in [-0.15, -0.1) is 0 Å². The van der Waals surface area contributed by atoms with E-state index in [2.05, 4.69) is 25.8 Å². The Kier molecular flexibility index (Phi) is 4.56. The van der Waals surface area contributed by atoms with Gasteiger partial charge < -0.3 is 10.3 Å². The molecule has 6 heteroatoms. The van der Waals surface area contributed by atoms with E-state index in [4.69, 9.17) is 5.73 Å². The van der Waals surface area contributed by atoms with Crippen LogP contribution in [0.25, 0.3) is 22.3 Å². The van der Waals surface area contributed by atoms with E-state index in [1.807, 2.05) is 16.8 Å². The van der Waals surface area contributed by atoms with Crippen molar-refractivity contribution in [2.45, 2.75) is 40.0 Å². The van der Waals surface area contributed by atoms with Gasteiger partial charge in [-0.25, -0.2) is 4.98 Å². The molecular weight excluding hydrogens is 339 g/mol. The second-order valence-electron chi connectivity index (χ2n) is 7.66. The Morgan fingerprint density at radius 1 is 1.04 bits per heavy atom. The molecule has 0 saturated heterocycles. The third-order valence-electron chi connectivity index (χ3n) is 4.18. The van der Waals surface area contributed by atoms with Crippen LogP contribution in [0, 0.1) is 5.41 Å². The van der Waals surface area contributed by atoms with E-state index in [0.717, 1.165) is 17.0 Å². The Hall–Kier alpha value is -2.34. The van der Waals surface area contributed by atoms with Gasteiger partial charge in [0.05, 0.1) is 11.3 Å². The first-order valence-corrected chi connectivity index (χ1v) is 8.45. The monoisotopic (exact) mass is 361 g/mol. The number of halogens is 3. The highest BCUT2D eigenvalue weighted by Gasteiger charge is 2.33. The molecule has 2 heterocycles. The molecule has 2 aromatic heterocycles. The maximum atomic E-state index is 13.4. The van der Waals surface area contributed by atoms with Crippen molar-refractivity contribution < 1.29 is 13.2 Å². The third kappa shape index (κ3) is 3.60. The lowest BCUT2D eigenvalue weighted by molar-refractivity contribution is -0.137. The zero-order valence-electron chi connectivity index (χ0n) is 15.1. The number of aromatic nitrogens is 2.